The summed E-state index contributed by atoms with van der Waals surface area (Å²) < 4.78 is 38.8. The zero-order valence-electron chi connectivity index (χ0n) is 7.36. The summed E-state index contributed by atoms with van der Waals surface area (Å²) in [5, 5.41) is 0. The molecule has 6 heteroatoms. The Bertz CT molecular complexity index is 170. The second-order valence-corrected chi connectivity index (χ2v) is 5.77. The van der Waals surface area contributed by atoms with E-state index in [1.54, 1.807) is 0 Å². The maximum Gasteiger partial charge on any atom is 0.0870 e. The van der Waals surface area contributed by atoms with Crippen LogP contribution in [0.3, 0.4) is 0 Å². The summed E-state index contributed by atoms with van der Waals surface area (Å²) in [6, 6.07) is 0. The van der Waals surface area contributed by atoms with Crippen LogP contribution in [0.1, 0.15) is 0 Å². The van der Waals surface area contributed by atoms with Crippen LogP contribution in [0.15, 0.2) is 0 Å². The van der Waals surface area contributed by atoms with Gasteiger partial charge in [-0.2, -0.15) is 0 Å². The van der Waals surface area contributed by atoms with E-state index in [4.69, 9.17) is 0 Å². The summed E-state index contributed by atoms with van der Waals surface area (Å²) in [7, 11) is -1.66. The summed E-state index contributed by atoms with van der Waals surface area (Å²) in [6.07, 6.45) is 0. The lowest BCUT2D eigenvalue weighted by molar-refractivity contribution is 0.201. The highest BCUT2D eigenvalue weighted by Crippen LogP contribution is 2.15. The highest BCUT2D eigenvalue weighted by atomic mass is 32.3. The molecule has 0 fully saturated rings. The summed E-state index contributed by atoms with van der Waals surface area (Å²) in [4.78, 5) is 0. The molecule has 76 valence electrons. The molecule has 0 bridgehead atoms. The fraction of sp³-hybridized carbons (Fsp3) is 1.00. The maximum absolute atomic E-state index is 11.3. The molecule has 0 aliphatic carbocycles. The molecule has 0 saturated heterocycles. The number of rotatable bonds is 6. The van der Waals surface area contributed by atoms with Crippen LogP contribution in [-0.2, 0) is 19.1 Å². The average molecular weight is 200 g/mol. The van der Waals surface area contributed by atoms with E-state index in [9.17, 15) is 13.3 Å². The van der Waals surface area contributed by atoms with Gasteiger partial charge in [-0.3, -0.25) is 0 Å². The lowest BCUT2D eigenvalue weighted by Gasteiger charge is -2.29. The van der Waals surface area contributed by atoms with Gasteiger partial charge in [-0.15, -0.1) is 0 Å². The standard InChI is InChI=1S/C6H16O5S/c1-10-3-5-12(7,8,9)6-4-11-2/h3-6H2,1-2H3,(H2,7,8,9). The third-order valence-electron chi connectivity index (χ3n) is 1.40. The predicted octanol–water partition coefficient (Wildman–Crippen LogP) is 0.0453. The Morgan fingerprint density at radius 2 is 1.42 bits per heavy atom. The number of hydrogen-bond acceptors (Lipinski definition) is 3. The topological polar surface area (TPSA) is 76.0 Å². The monoisotopic (exact) mass is 200 g/mol. The third kappa shape index (κ3) is 5.62. The minimum absolute atomic E-state index is 0.0576. The highest BCUT2D eigenvalue weighted by Gasteiger charge is 2.28. The van der Waals surface area contributed by atoms with Crippen LogP contribution in [0.2, 0.25) is 0 Å². The van der Waals surface area contributed by atoms with Crippen LogP contribution in [0.4, 0.5) is 0 Å². The lowest BCUT2D eigenvalue weighted by Crippen LogP contribution is -2.42. The molecule has 5 nitrogen and oxygen atoms in total. The molecule has 0 atom stereocenters. The van der Waals surface area contributed by atoms with Crippen molar-refractivity contribution in [3.05, 3.63) is 0 Å². The van der Waals surface area contributed by atoms with Crippen molar-refractivity contribution in [3.8, 4) is 0 Å². The van der Waals surface area contributed by atoms with E-state index in [1.165, 1.54) is 14.2 Å². The van der Waals surface area contributed by atoms with Gasteiger partial charge >= 0.3 is 0 Å². The fourth-order valence-electron chi connectivity index (χ4n) is 0.604. The quantitative estimate of drug-likeness (QED) is 0.633. The highest BCUT2D eigenvalue weighted by molar-refractivity contribution is 8.10. The van der Waals surface area contributed by atoms with Crippen LogP contribution in [0, 0.1) is 0 Å². The second kappa shape index (κ2) is 4.29. The molecule has 0 aromatic carbocycles. The SMILES string of the molecule is COCCS(=O)(O)(O)CCOC. The average Bonchev–Trinajstić information content (AvgIpc) is 1.97. The summed E-state index contributed by atoms with van der Waals surface area (Å²) >= 11 is 0. The van der Waals surface area contributed by atoms with Gasteiger partial charge in [0.05, 0.1) is 34.3 Å². The first-order chi connectivity index (χ1) is 5.39. The number of ether oxygens (including phenoxy) is 2. The van der Waals surface area contributed by atoms with Crippen molar-refractivity contribution in [2.45, 2.75) is 0 Å². The van der Waals surface area contributed by atoms with Gasteiger partial charge in [-0.25, -0.2) is 4.21 Å². The van der Waals surface area contributed by atoms with E-state index in [0.717, 1.165) is 0 Å². The minimum atomic E-state index is -4.47. The van der Waals surface area contributed by atoms with Crippen LogP contribution < -0.4 is 0 Å². The van der Waals surface area contributed by atoms with Gasteiger partial charge in [0.1, 0.15) is 0 Å². The van der Waals surface area contributed by atoms with Crippen molar-refractivity contribution in [2.24, 2.45) is 0 Å². The zero-order valence-corrected chi connectivity index (χ0v) is 8.17. The Morgan fingerprint density at radius 1 is 1.08 bits per heavy atom. The van der Waals surface area contributed by atoms with Crippen molar-refractivity contribution < 1.29 is 22.8 Å². The molecular formula is C6H16O5S. The molecule has 0 radical (unpaired) electrons. The summed E-state index contributed by atoms with van der Waals surface area (Å²) in [6.45, 7) is 0.115. The molecule has 0 heterocycles. The van der Waals surface area contributed by atoms with Crippen molar-refractivity contribution in [1.82, 2.24) is 0 Å². The van der Waals surface area contributed by atoms with Crippen LogP contribution in [0.5, 0.6) is 0 Å². The van der Waals surface area contributed by atoms with Gasteiger partial charge in [-0.05, 0) is 0 Å². The first-order valence-corrected chi connectivity index (χ1v) is 5.72. The lowest BCUT2D eigenvalue weighted by atomic mass is 10.8. The molecule has 2 N–H and O–H groups in total. The maximum atomic E-state index is 11.3. The van der Waals surface area contributed by atoms with Crippen molar-refractivity contribution in [2.75, 3.05) is 38.9 Å². The van der Waals surface area contributed by atoms with E-state index in [2.05, 4.69) is 9.47 Å². The fourth-order valence-corrected chi connectivity index (χ4v) is 1.81. The van der Waals surface area contributed by atoms with E-state index in [0.29, 0.717) is 0 Å². The van der Waals surface area contributed by atoms with Gasteiger partial charge in [0.15, 0.2) is 0 Å². The Labute approximate surface area is 72.1 Å². The van der Waals surface area contributed by atoms with Gasteiger partial charge < -0.3 is 18.6 Å². The Hall–Kier alpha value is -0.0100. The van der Waals surface area contributed by atoms with Gasteiger partial charge in [0, 0.05) is 14.2 Å². The van der Waals surface area contributed by atoms with Crippen LogP contribution in [-0.4, -0.2) is 52.3 Å². The van der Waals surface area contributed by atoms with Crippen LogP contribution in [0.25, 0.3) is 0 Å². The Morgan fingerprint density at radius 3 is 1.67 bits per heavy atom. The summed E-state index contributed by atoms with van der Waals surface area (Å²) in [5.74, 6) is -0.534. The molecule has 0 amide bonds. The molecule has 0 aliphatic heterocycles. The van der Waals surface area contributed by atoms with Crippen molar-refractivity contribution in [1.29, 1.82) is 0 Å². The smallest absolute Gasteiger partial charge is 0.0870 e. The van der Waals surface area contributed by atoms with Crippen molar-refractivity contribution >= 4 is 9.63 Å². The molecule has 12 heavy (non-hydrogen) atoms. The molecule has 0 spiro atoms. The third-order valence-corrected chi connectivity index (χ3v) is 3.37. The van der Waals surface area contributed by atoms with E-state index in [-0.39, 0.29) is 24.7 Å². The zero-order chi connectivity index (χ0) is 9.69. The molecule has 0 unspecified atom stereocenters. The Balaban J connectivity index is 4.00. The first kappa shape index (κ1) is 12.0. The number of methoxy groups -OCH3 is 2. The van der Waals surface area contributed by atoms with Crippen LogP contribution >= 0.6 is 0 Å². The molecular weight excluding hydrogens is 184 g/mol. The normalized spacial score (nSPS) is 15.5. The van der Waals surface area contributed by atoms with Crippen molar-refractivity contribution in [3.63, 3.8) is 0 Å². The molecule has 0 aromatic rings. The van der Waals surface area contributed by atoms with E-state index >= 15 is 0 Å². The molecule has 0 saturated carbocycles. The molecule has 0 aromatic heterocycles. The van der Waals surface area contributed by atoms with E-state index in [1.807, 2.05) is 0 Å². The van der Waals surface area contributed by atoms with Gasteiger partial charge in [-0.1, -0.05) is 0 Å². The largest absolute Gasteiger partial charge is 0.384 e. The predicted molar refractivity (Wildman–Crippen MR) is 46.9 cm³/mol. The Kier molecular flexibility index (Phi) is 4.29. The second-order valence-electron chi connectivity index (χ2n) is 2.58. The van der Waals surface area contributed by atoms with Gasteiger partial charge in [0.2, 0.25) is 0 Å². The minimum Gasteiger partial charge on any atom is -0.384 e. The van der Waals surface area contributed by atoms with E-state index < -0.39 is 9.63 Å². The molecule has 0 aliphatic rings. The summed E-state index contributed by atoms with van der Waals surface area (Å²) in [5.41, 5.74) is 0. The number of hydrogen-bond donors (Lipinski definition) is 2. The van der Waals surface area contributed by atoms with Gasteiger partial charge in [0.25, 0.3) is 0 Å². The first-order valence-electron chi connectivity index (χ1n) is 3.50. The molecule has 0 rings (SSSR count).